The van der Waals surface area contributed by atoms with Gasteiger partial charge in [-0.3, -0.25) is 9.58 Å². The van der Waals surface area contributed by atoms with Crippen LogP contribution in [-0.4, -0.2) is 53.1 Å². The Kier molecular flexibility index (Phi) is 4.62. The van der Waals surface area contributed by atoms with Crippen LogP contribution in [-0.2, 0) is 17.8 Å². The van der Waals surface area contributed by atoms with Gasteiger partial charge in [0.25, 0.3) is 0 Å². The van der Waals surface area contributed by atoms with Crippen molar-refractivity contribution in [3.63, 3.8) is 0 Å². The van der Waals surface area contributed by atoms with Gasteiger partial charge in [0.05, 0.1) is 24.9 Å². The maximum absolute atomic E-state index is 5.91. The predicted molar refractivity (Wildman–Crippen MR) is 83.4 cm³/mol. The quantitative estimate of drug-likeness (QED) is 0.862. The van der Waals surface area contributed by atoms with Gasteiger partial charge in [0.15, 0.2) is 0 Å². The molecule has 118 valence electrons. The number of ether oxygens (including phenoxy) is 1. The van der Waals surface area contributed by atoms with Crippen molar-refractivity contribution >= 4 is 0 Å². The fourth-order valence-electron chi connectivity index (χ4n) is 3.07. The first-order chi connectivity index (χ1) is 10.2. The second-order valence-electron chi connectivity index (χ2n) is 6.37. The number of hydrogen-bond acceptors (Lipinski definition) is 4. The van der Waals surface area contributed by atoms with Crippen molar-refractivity contribution in [3.05, 3.63) is 17.0 Å². The van der Waals surface area contributed by atoms with Crippen molar-refractivity contribution in [2.45, 2.75) is 58.8 Å². The maximum Gasteiger partial charge on any atom is 0.0898 e. The monoisotopic (exact) mass is 292 g/mol. The summed E-state index contributed by atoms with van der Waals surface area (Å²) >= 11 is 0. The molecule has 1 saturated carbocycles. The molecule has 5 heteroatoms. The Morgan fingerprint density at radius 2 is 2.14 bits per heavy atom. The molecule has 1 unspecified atom stereocenters. The highest BCUT2D eigenvalue weighted by molar-refractivity contribution is 5.24. The molecule has 1 N–H and O–H groups in total. The molecule has 0 aromatic carbocycles. The first-order valence-electron chi connectivity index (χ1n) is 8.27. The molecule has 0 radical (unpaired) electrons. The summed E-state index contributed by atoms with van der Waals surface area (Å²) in [6.07, 6.45) is 2.92. The lowest BCUT2D eigenvalue weighted by atomic mass is 10.2. The molecule has 1 aromatic rings. The zero-order valence-corrected chi connectivity index (χ0v) is 13.6. The Hall–Kier alpha value is -0.910. The molecule has 3 rings (SSSR count). The number of nitrogens with zero attached hydrogens (tertiary/aromatic N) is 3. The van der Waals surface area contributed by atoms with E-state index >= 15 is 0 Å². The Bertz CT molecular complexity index is 481. The molecule has 2 heterocycles. The second-order valence-corrected chi connectivity index (χ2v) is 6.37. The summed E-state index contributed by atoms with van der Waals surface area (Å²) in [4.78, 5) is 2.45. The zero-order valence-electron chi connectivity index (χ0n) is 13.6. The van der Waals surface area contributed by atoms with Crippen LogP contribution in [0.3, 0.4) is 0 Å². The summed E-state index contributed by atoms with van der Waals surface area (Å²) in [5.74, 6) is 0. The van der Waals surface area contributed by atoms with Crippen molar-refractivity contribution in [2.75, 3.05) is 26.2 Å². The van der Waals surface area contributed by atoms with Crippen LogP contribution in [0.15, 0.2) is 0 Å². The fraction of sp³-hybridized carbons (Fsp3) is 0.812. The maximum atomic E-state index is 5.91. The molecule has 1 saturated heterocycles. The standard InChI is InChI=1S/C16H28N4O/c1-4-19-7-8-21-15(10-19)11-20-13(3)16(12(2)18-20)9-17-14-5-6-14/h14-15,17H,4-11H2,1-3H3. The third kappa shape index (κ3) is 3.65. The first kappa shape index (κ1) is 15.0. The number of aromatic nitrogens is 2. The highest BCUT2D eigenvalue weighted by Gasteiger charge is 2.24. The van der Waals surface area contributed by atoms with Gasteiger partial charge in [-0.1, -0.05) is 6.92 Å². The number of nitrogens with one attached hydrogen (secondary N) is 1. The first-order valence-corrected chi connectivity index (χ1v) is 8.27. The lowest BCUT2D eigenvalue weighted by Gasteiger charge is -2.32. The lowest BCUT2D eigenvalue weighted by molar-refractivity contribution is -0.0360. The largest absolute Gasteiger partial charge is 0.374 e. The summed E-state index contributed by atoms with van der Waals surface area (Å²) in [7, 11) is 0. The Morgan fingerprint density at radius 1 is 1.33 bits per heavy atom. The minimum Gasteiger partial charge on any atom is -0.374 e. The van der Waals surface area contributed by atoms with Gasteiger partial charge < -0.3 is 10.1 Å². The van der Waals surface area contributed by atoms with E-state index in [-0.39, 0.29) is 6.10 Å². The van der Waals surface area contributed by atoms with Crippen LogP contribution in [0.25, 0.3) is 0 Å². The smallest absolute Gasteiger partial charge is 0.0898 e. The molecule has 0 amide bonds. The lowest BCUT2D eigenvalue weighted by Crippen LogP contribution is -2.44. The molecule has 1 atom stereocenters. The van der Waals surface area contributed by atoms with Gasteiger partial charge in [-0.25, -0.2) is 0 Å². The molecule has 1 aromatic heterocycles. The minimum absolute atomic E-state index is 0.265. The van der Waals surface area contributed by atoms with Crippen molar-refractivity contribution in [3.8, 4) is 0 Å². The Labute approximate surface area is 127 Å². The van der Waals surface area contributed by atoms with E-state index in [1.54, 1.807) is 0 Å². The minimum atomic E-state index is 0.265. The van der Waals surface area contributed by atoms with E-state index in [1.165, 1.54) is 24.1 Å². The average molecular weight is 292 g/mol. The van der Waals surface area contributed by atoms with Crippen LogP contribution in [0.2, 0.25) is 0 Å². The number of aryl methyl sites for hydroxylation is 1. The SMILES string of the molecule is CCN1CCOC(Cn2nc(C)c(CNC3CC3)c2C)C1. The highest BCUT2D eigenvalue weighted by atomic mass is 16.5. The molecule has 0 spiro atoms. The van der Waals surface area contributed by atoms with Gasteiger partial charge in [-0.2, -0.15) is 5.10 Å². The summed E-state index contributed by atoms with van der Waals surface area (Å²) in [5.41, 5.74) is 3.81. The number of hydrogen-bond donors (Lipinski definition) is 1. The van der Waals surface area contributed by atoms with Crippen molar-refractivity contribution in [2.24, 2.45) is 0 Å². The highest BCUT2D eigenvalue weighted by Crippen LogP contribution is 2.21. The third-order valence-electron chi connectivity index (χ3n) is 4.72. The number of rotatable bonds is 6. The molecule has 21 heavy (non-hydrogen) atoms. The summed E-state index contributed by atoms with van der Waals surface area (Å²) < 4.78 is 8.05. The topological polar surface area (TPSA) is 42.3 Å². The molecule has 5 nitrogen and oxygen atoms in total. The van der Waals surface area contributed by atoms with Gasteiger partial charge in [0, 0.05) is 36.9 Å². The van der Waals surface area contributed by atoms with Crippen molar-refractivity contribution < 1.29 is 4.74 Å². The zero-order chi connectivity index (χ0) is 14.8. The molecule has 2 fully saturated rings. The predicted octanol–water partition coefficient (Wildman–Crippen LogP) is 1.47. The van der Waals surface area contributed by atoms with Gasteiger partial charge in [-0.05, 0) is 33.2 Å². The molecular formula is C16H28N4O. The molecule has 0 bridgehead atoms. The van der Waals surface area contributed by atoms with E-state index in [2.05, 4.69) is 35.7 Å². The van der Waals surface area contributed by atoms with E-state index < -0.39 is 0 Å². The summed E-state index contributed by atoms with van der Waals surface area (Å²) in [6, 6.07) is 0.743. The average Bonchev–Trinajstić information content (AvgIpc) is 3.27. The van der Waals surface area contributed by atoms with Gasteiger partial charge in [-0.15, -0.1) is 0 Å². The number of likely N-dealkylation sites (N-methyl/N-ethyl adjacent to an activating group) is 1. The normalized spacial score (nSPS) is 23.7. The summed E-state index contributed by atoms with van der Waals surface area (Å²) in [5, 5.41) is 8.33. The fourth-order valence-corrected chi connectivity index (χ4v) is 3.07. The molecule has 1 aliphatic heterocycles. The van der Waals surface area contributed by atoms with E-state index in [4.69, 9.17) is 9.84 Å². The van der Waals surface area contributed by atoms with E-state index in [0.717, 1.165) is 51.1 Å². The van der Waals surface area contributed by atoms with Crippen LogP contribution >= 0.6 is 0 Å². The van der Waals surface area contributed by atoms with Crippen molar-refractivity contribution in [1.29, 1.82) is 0 Å². The van der Waals surface area contributed by atoms with E-state index in [0.29, 0.717) is 0 Å². The van der Waals surface area contributed by atoms with E-state index in [9.17, 15) is 0 Å². The van der Waals surface area contributed by atoms with Crippen LogP contribution in [0.4, 0.5) is 0 Å². The van der Waals surface area contributed by atoms with Gasteiger partial charge in [0.1, 0.15) is 0 Å². The molecule has 1 aliphatic carbocycles. The van der Waals surface area contributed by atoms with Crippen LogP contribution in [0.1, 0.15) is 36.7 Å². The number of morpholine rings is 1. The second kappa shape index (κ2) is 6.46. The van der Waals surface area contributed by atoms with Crippen LogP contribution in [0, 0.1) is 13.8 Å². The van der Waals surface area contributed by atoms with Crippen LogP contribution in [0.5, 0.6) is 0 Å². The summed E-state index contributed by atoms with van der Waals surface area (Å²) in [6.45, 7) is 12.4. The van der Waals surface area contributed by atoms with Crippen LogP contribution < -0.4 is 5.32 Å². The van der Waals surface area contributed by atoms with Gasteiger partial charge in [0.2, 0.25) is 0 Å². The Balaban J connectivity index is 1.63. The van der Waals surface area contributed by atoms with Crippen molar-refractivity contribution in [1.82, 2.24) is 20.0 Å². The Morgan fingerprint density at radius 3 is 2.86 bits per heavy atom. The van der Waals surface area contributed by atoms with E-state index in [1.807, 2.05) is 0 Å². The van der Waals surface area contributed by atoms with Gasteiger partial charge >= 0.3 is 0 Å². The molecule has 2 aliphatic rings. The molecular weight excluding hydrogens is 264 g/mol. The third-order valence-corrected chi connectivity index (χ3v) is 4.72.